The van der Waals surface area contributed by atoms with Crippen LogP contribution >= 0.6 is 22.6 Å². The SMILES string of the molecule is Cc1noc(C)c1-c1cc(I)c2nc(NS(=O)(=O)CCC(F)(F)F)[nH]c2c1. The molecule has 0 bridgehead atoms. The van der Waals surface area contributed by atoms with Crippen molar-refractivity contribution in [3.05, 3.63) is 27.2 Å². The molecular weight excluding hydrogens is 500 g/mol. The molecule has 2 aromatic heterocycles. The highest BCUT2D eigenvalue weighted by Gasteiger charge is 2.30. The third-order valence-electron chi connectivity index (χ3n) is 3.77. The van der Waals surface area contributed by atoms with Gasteiger partial charge in [0.15, 0.2) is 0 Å². The minimum atomic E-state index is -4.55. The number of nitrogens with one attached hydrogen (secondary N) is 2. The Morgan fingerprint density at radius 2 is 2.00 bits per heavy atom. The molecule has 2 N–H and O–H groups in total. The minimum absolute atomic E-state index is 0.138. The zero-order chi connectivity index (χ0) is 20.0. The number of nitrogens with zero attached hydrogens (tertiary/aromatic N) is 2. The van der Waals surface area contributed by atoms with Crippen LogP contribution < -0.4 is 4.72 Å². The number of anilines is 1. The van der Waals surface area contributed by atoms with E-state index in [4.69, 9.17) is 4.52 Å². The predicted octanol–water partition coefficient (Wildman–Crippen LogP) is 4.13. The number of aryl methyl sites for hydroxylation is 2. The van der Waals surface area contributed by atoms with Gasteiger partial charge in [-0.05, 0) is 54.1 Å². The van der Waals surface area contributed by atoms with E-state index in [1.165, 1.54) is 0 Å². The second-order valence-electron chi connectivity index (χ2n) is 5.92. The summed E-state index contributed by atoms with van der Waals surface area (Å²) in [4.78, 5) is 6.93. The molecule has 0 atom stereocenters. The van der Waals surface area contributed by atoms with E-state index in [9.17, 15) is 21.6 Å². The van der Waals surface area contributed by atoms with Crippen LogP contribution in [0.25, 0.3) is 22.2 Å². The number of imidazole rings is 1. The Morgan fingerprint density at radius 3 is 2.59 bits per heavy atom. The molecular formula is C15H14F3IN4O3S. The van der Waals surface area contributed by atoms with E-state index < -0.39 is 28.4 Å². The Hall–Kier alpha value is -1.83. The second kappa shape index (κ2) is 6.96. The average molecular weight is 514 g/mol. The molecule has 0 unspecified atom stereocenters. The van der Waals surface area contributed by atoms with E-state index >= 15 is 0 Å². The highest BCUT2D eigenvalue weighted by atomic mass is 127. The molecule has 3 rings (SSSR count). The van der Waals surface area contributed by atoms with Gasteiger partial charge in [-0.25, -0.2) is 13.4 Å². The van der Waals surface area contributed by atoms with Gasteiger partial charge in [-0.3, -0.25) is 4.72 Å². The number of halogens is 4. The molecule has 0 aliphatic rings. The van der Waals surface area contributed by atoms with Gasteiger partial charge in [0.25, 0.3) is 0 Å². The summed E-state index contributed by atoms with van der Waals surface area (Å²) in [5, 5.41) is 3.91. The number of H-pyrrole nitrogens is 1. The van der Waals surface area contributed by atoms with Crippen LogP contribution in [-0.4, -0.2) is 35.5 Å². The molecule has 2 heterocycles. The van der Waals surface area contributed by atoms with Gasteiger partial charge < -0.3 is 9.51 Å². The van der Waals surface area contributed by atoms with Gasteiger partial charge in [-0.2, -0.15) is 13.2 Å². The van der Waals surface area contributed by atoms with Crippen LogP contribution in [0.15, 0.2) is 16.7 Å². The van der Waals surface area contributed by atoms with Gasteiger partial charge in [-0.15, -0.1) is 0 Å². The van der Waals surface area contributed by atoms with Crippen molar-refractivity contribution in [3.63, 3.8) is 0 Å². The summed E-state index contributed by atoms with van der Waals surface area (Å²) in [5.74, 6) is -0.578. The predicted molar refractivity (Wildman–Crippen MR) is 102 cm³/mol. The quantitative estimate of drug-likeness (QED) is 0.499. The maximum Gasteiger partial charge on any atom is 0.390 e. The summed E-state index contributed by atoms with van der Waals surface area (Å²) >= 11 is 2.05. The van der Waals surface area contributed by atoms with Crippen LogP contribution in [-0.2, 0) is 10.0 Å². The zero-order valence-corrected chi connectivity index (χ0v) is 17.1. The Bertz CT molecular complexity index is 1090. The first-order chi connectivity index (χ1) is 12.5. The maximum absolute atomic E-state index is 12.3. The first-order valence-electron chi connectivity index (χ1n) is 7.65. The fourth-order valence-electron chi connectivity index (χ4n) is 2.61. The number of benzene rings is 1. The lowest BCUT2D eigenvalue weighted by Gasteiger charge is -2.07. The van der Waals surface area contributed by atoms with Gasteiger partial charge in [-0.1, -0.05) is 5.16 Å². The lowest BCUT2D eigenvalue weighted by molar-refractivity contribution is -0.129. The van der Waals surface area contributed by atoms with E-state index in [0.29, 0.717) is 22.5 Å². The van der Waals surface area contributed by atoms with Crippen LogP contribution in [0.3, 0.4) is 0 Å². The van der Waals surface area contributed by atoms with E-state index in [2.05, 4.69) is 42.4 Å². The number of aromatic nitrogens is 3. The standard InChI is InChI=1S/C15H14F3IN4O3S/c1-7-12(8(2)26-22-7)9-5-10(19)13-11(6-9)20-14(21-13)23-27(24,25)4-3-15(16,17)18/h5-6H,3-4H2,1-2H3,(H2,20,21,23). The summed E-state index contributed by atoms with van der Waals surface area (Å²) in [6.07, 6.45) is -5.99. The molecule has 0 aliphatic carbocycles. The Kier molecular flexibility index (Phi) is 5.14. The highest BCUT2D eigenvalue weighted by molar-refractivity contribution is 14.1. The van der Waals surface area contributed by atoms with Crippen molar-refractivity contribution in [2.45, 2.75) is 26.4 Å². The molecule has 0 amide bonds. The third-order valence-corrected chi connectivity index (χ3v) is 5.84. The van der Waals surface area contributed by atoms with Crippen molar-refractivity contribution < 1.29 is 26.1 Å². The monoisotopic (exact) mass is 514 g/mol. The van der Waals surface area contributed by atoms with Crippen molar-refractivity contribution in [2.75, 3.05) is 10.5 Å². The topological polar surface area (TPSA) is 101 Å². The van der Waals surface area contributed by atoms with E-state index in [1.54, 1.807) is 19.9 Å². The summed E-state index contributed by atoms with van der Waals surface area (Å²) in [6, 6.07) is 3.60. The largest absolute Gasteiger partial charge is 0.390 e. The Labute approximate surface area is 165 Å². The molecule has 146 valence electrons. The molecule has 3 aromatic rings. The van der Waals surface area contributed by atoms with Crippen LogP contribution in [0.1, 0.15) is 17.9 Å². The van der Waals surface area contributed by atoms with Crippen molar-refractivity contribution >= 4 is 49.6 Å². The number of fused-ring (bicyclic) bond motifs is 1. The number of hydrogen-bond donors (Lipinski definition) is 2. The third kappa shape index (κ3) is 4.54. The molecule has 0 aliphatic heterocycles. The fraction of sp³-hybridized carbons (Fsp3) is 0.333. The molecule has 0 spiro atoms. The van der Waals surface area contributed by atoms with E-state index in [-0.39, 0.29) is 5.95 Å². The summed E-state index contributed by atoms with van der Waals surface area (Å²) in [7, 11) is -4.19. The van der Waals surface area contributed by atoms with Crippen molar-refractivity contribution in [1.82, 2.24) is 15.1 Å². The molecule has 7 nitrogen and oxygen atoms in total. The normalized spacial score (nSPS) is 12.7. The van der Waals surface area contributed by atoms with E-state index in [0.717, 1.165) is 14.7 Å². The molecule has 12 heteroatoms. The second-order valence-corrected chi connectivity index (χ2v) is 8.93. The summed E-state index contributed by atoms with van der Waals surface area (Å²) in [6.45, 7) is 3.58. The van der Waals surface area contributed by atoms with Crippen molar-refractivity contribution in [1.29, 1.82) is 0 Å². The number of alkyl halides is 3. The van der Waals surface area contributed by atoms with Crippen LogP contribution in [0.4, 0.5) is 19.1 Å². The van der Waals surface area contributed by atoms with Crippen LogP contribution in [0, 0.1) is 17.4 Å². The number of hydrogen-bond acceptors (Lipinski definition) is 5. The zero-order valence-electron chi connectivity index (χ0n) is 14.1. The Balaban J connectivity index is 1.93. The van der Waals surface area contributed by atoms with Gasteiger partial charge in [0.05, 0.1) is 23.4 Å². The van der Waals surface area contributed by atoms with Gasteiger partial charge >= 0.3 is 6.18 Å². The lowest BCUT2D eigenvalue weighted by atomic mass is 10.0. The summed E-state index contributed by atoms with van der Waals surface area (Å²) in [5.41, 5.74) is 3.36. The van der Waals surface area contributed by atoms with Gasteiger partial charge in [0.2, 0.25) is 16.0 Å². The summed E-state index contributed by atoms with van der Waals surface area (Å²) < 4.78 is 68.4. The van der Waals surface area contributed by atoms with Crippen molar-refractivity contribution in [2.24, 2.45) is 0 Å². The molecule has 1 aromatic carbocycles. The average Bonchev–Trinajstić information content (AvgIpc) is 3.07. The lowest BCUT2D eigenvalue weighted by Crippen LogP contribution is -2.22. The van der Waals surface area contributed by atoms with Crippen LogP contribution in [0.5, 0.6) is 0 Å². The van der Waals surface area contributed by atoms with Crippen molar-refractivity contribution in [3.8, 4) is 11.1 Å². The molecule has 0 saturated carbocycles. The minimum Gasteiger partial charge on any atom is -0.361 e. The maximum atomic E-state index is 12.3. The fourth-order valence-corrected chi connectivity index (χ4v) is 4.35. The first-order valence-corrected chi connectivity index (χ1v) is 10.4. The highest BCUT2D eigenvalue weighted by Crippen LogP contribution is 2.32. The molecule has 0 radical (unpaired) electrons. The Morgan fingerprint density at radius 1 is 1.30 bits per heavy atom. The number of rotatable bonds is 5. The molecule has 0 fully saturated rings. The smallest absolute Gasteiger partial charge is 0.361 e. The van der Waals surface area contributed by atoms with E-state index in [1.807, 2.05) is 6.07 Å². The molecule has 0 saturated heterocycles. The van der Waals surface area contributed by atoms with Gasteiger partial charge in [0.1, 0.15) is 11.3 Å². The number of aromatic amines is 1. The van der Waals surface area contributed by atoms with Crippen LogP contribution in [0.2, 0.25) is 0 Å². The molecule has 27 heavy (non-hydrogen) atoms. The first kappa shape index (κ1) is 19.9. The number of sulfonamides is 1. The van der Waals surface area contributed by atoms with Gasteiger partial charge in [0, 0.05) is 9.13 Å².